The minimum Gasteiger partial charge on any atom is -0.496 e. The number of nitrogens with one attached hydrogen (secondary N) is 1. The van der Waals surface area contributed by atoms with Gasteiger partial charge in [0.05, 0.1) is 19.3 Å². The van der Waals surface area contributed by atoms with Gasteiger partial charge < -0.3 is 19.4 Å². The van der Waals surface area contributed by atoms with Crippen molar-refractivity contribution in [3.63, 3.8) is 0 Å². The average Bonchev–Trinajstić information content (AvgIpc) is 3.09. The Morgan fingerprint density at radius 1 is 1.28 bits per heavy atom. The van der Waals surface area contributed by atoms with Gasteiger partial charge in [0, 0.05) is 32.2 Å². The van der Waals surface area contributed by atoms with Crippen molar-refractivity contribution >= 4 is 29.9 Å². The second-order valence-corrected chi connectivity index (χ2v) is 8.33. The Hall–Kier alpha value is -1.81. The molecule has 0 spiro atoms. The number of rotatable bonds is 8. The molecule has 1 aliphatic heterocycles. The van der Waals surface area contributed by atoms with E-state index in [4.69, 9.17) is 14.1 Å². The topological polar surface area (TPSA) is 66.1 Å². The highest BCUT2D eigenvalue weighted by atomic mass is 127. The molecule has 0 aliphatic carbocycles. The van der Waals surface area contributed by atoms with Gasteiger partial charge >= 0.3 is 0 Å². The lowest BCUT2D eigenvalue weighted by molar-refractivity contribution is 0.166. The Labute approximate surface area is 209 Å². The third-order valence-electron chi connectivity index (χ3n) is 5.93. The van der Waals surface area contributed by atoms with Crippen molar-refractivity contribution in [3.05, 3.63) is 47.2 Å². The summed E-state index contributed by atoms with van der Waals surface area (Å²) in [5.74, 6) is 4.22. The zero-order chi connectivity index (χ0) is 22.2. The summed E-state index contributed by atoms with van der Waals surface area (Å²) in [6.07, 6.45) is 2.30. The summed E-state index contributed by atoms with van der Waals surface area (Å²) < 4.78 is 11.2. The lowest BCUT2D eigenvalue weighted by Gasteiger charge is -2.30. The lowest BCUT2D eigenvalue weighted by Crippen LogP contribution is -2.39. The van der Waals surface area contributed by atoms with Crippen molar-refractivity contribution in [1.82, 2.24) is 20.1 Å². The van der Waals surface area contributed by atoms with Crippen LogP contribution in [0.4, 0.5) is 0 Å². The van der Waals surface area contributed by atoms with Crippen LogP contribution in [0.15, 0.2) is 33.7 Å². The first-order valence-electron chi connectivity index (χ1n) is 11.3. The van der Waals surface area contributed by atoms with Crippen LogP contribution in [0.2, 0.25) is 0 Å². The van der Waals surface area contributed by atoms with Crippen molar-refractivity contribution in [2.45, 2.75) is 46.7 Å². The van der Waals surface area contributed by atoms with Gasteiger partial charge in [-0.25, -0.2) is 4.98 Å². The number of piperidine rings is 1. The second-order valence-electron chi connectivity index (χ2n) is 8.33. The second kappa shape index (κ2) is 13.0. The largest absolute Gasteiger partial charge is 0.496 e. The minimum absolute atomic E-state index is 0. The molecule has 1 aromatic carbocycles. The maximum atomic E-state index is 5.74. The van der Waals surface area contributed by atoms with E-state index in [1.165, 1.54) is 0 Å². The van der Waals surface area contributed by atoms with Crippen molar-refractivity contribution < 1.29 is 9.15 Å². The molecule has 2 aromatic rings. The number of aromatic nitrogens is 1. The molecule has 0 amide bonds. The molecule has 0 bridgehead atoms. The summed E-state index contributed by atoms with van der Waals surface area (Å²) in [5, 5.41) is 3.43. The number of ether oxygens (including phenoxy) is 1. The highest BCUT2D eigenvalue weighted by Crippen LogP contribution is 2.21. The van der Waals surface area contributed by atoms with Crippen LogP contribution in [-0.2, 0) is 13.1 Å². The number of likely N-dealkylation sites (tertiary alicyclic amines) is 1. The van der Waals surface area contributed by atoms with Gasteiger partial charge in [-0.2, -0.15) is 0 Å². The number of aliphatic imine (C=N–C) groups is 1. The van der Waals surface area contributed by atoms with E-state index in [2.05, 4.69) is 40.1 Å². The van der Waals surface area contributed by atoms with E-state index in [-0.39, 0.29) is 24.0 Å². The van der Waals surface area contributed by atoms with Gasteiger partial charge in [0.1, 0.15) is 11.5 Å². The smallest absolute Gasteiger partial charge is 0.208 e. The number of halogens is 1. The molecule has 0 saturated carbocycles. The number of hydrogen-bond acceptors (Lipinski definition) is 5. The Morgan fingerprint density at radius 3 is 2.62 bits per heavy atom. The minimum atomic E-state index is 0. The van der Waals surface area contributed by atoms with Gasteiger partial charge in [0.25, 0.3) is 0 Å². The van der Waals surface area contributed by atoms with E-state index in [0.717, 1.165) is 86.7 Å². The number of para-hydroxylation sites is 1. The fourth-order valence-electron chi connectivity index (χ4n) is 3.97. The maximum absolute atomic E-state index is 5.74. The number of guanidine groups is 1. The van der Waals surface area contributed by atoms with Crippen LogP contribution < -0.4 is 10.1 Å². The molecule has 2 heterocycles. The molecule has 32 heavy (non-hydrogen) atoms. The monoisotopic (exact) mass is 555 g/mol. The molecule has 1 fully saturated rings. The van der Waals surface area contributed by atoms with Crippen molar-refractivity contribution in [2.24, 2.45) is 10.9 Å². The Kier molecular flexibility index (Phi) is 10.8. The fraction of sp³-hybridized carbons (Fsp3) is 0.583. The Bertz CT molecular complexity index is 842. The number of hydrogen-bond donors (Lipinski definition) is 1. The predicted molar refractivity (Wildman–Crippen MR) is 140 cm³/mol. The number of methoxy groups -OCH3 is 1. The zero-order valence-electron chi connectivity index (χ0n) is 20.1. The third-order valence-corrected chi connectivity index (χ3v) is 5.93. The molecule has 1 aromatic heterocycles. The molecule has 1 aliphatic rings. The average molecular weight is 556 g/mol. The summed E-state index contributed by atoms with van der Waals surface area (Å²) >= 11 is 0. The first-order chi connectivity index (χ1) is 15.0. The van der Waals surface area contributed by atoms with E-state index >= 15 is 0 Å². The van der Waals surface area contributed by atoms with Crippen LogP contribution in [0.5, 0.6) is 5.75 Å². The Morgan fingerprint density at radius 2 is 2.00 bits per heavy atom. The van der Waals surface area contributed by atoms with E-state index in [1.807, 2.05) is 32.0 Å². The summed E-state index contributed by atoms with van der Waals surface area (Å²) in [7, 11) is 3.80. The summed E-state index contributed by atoms with van der Waals surface area (Å²) in [6, 6.07) is 8.15. The molecule has 0 unspecified atom stereocenters. The SMILES string of the molecule is CCNC(=NCC1CCN(Cc2nc(C)c(C)o2)CC1)N(C)Cc1ccccc1OC.I. The zero-order valence-corrected chi connectivity index (χ0v) is 22.4. The molecule has 8 heteroatoms. The van der Waals surface area contributed by atoms with Crippen LogP contribution in [0.1, 0.15) is 42.7 Å². The van der Waals surface area contributed by atoms with Crippen molar-refractivity contribution in [2.75, 3.05) is 40.3 Å². The van der Waals surface area contributed by atoms with Gasteiger partial charge in [0.15, 0.2) is 5.96 Å². The van der Waals surface area contributed by atoms with Crippen LogP contribution in [0, 0.1) is 19.8 Å². The molecule has 0 atom stereocenters. The summed E-state index contributed by atoms with van der Waals surface area (Å²) in [6.45, 7) is 11.5. The molecule has 178 valence electrons. The summed E-state index contributed by atoms with van der Waals surface area (Å²) in [5.41, 5.74) is 2.15. The first-order valence-corrected chi connectivity index (χ1v) is 11.3. The molecular weight excluding hydrogens is 517 g/mol. The van der Waals surface area contributed by atoms with E-state index in [9.17, 15) is 0 Å². The summed E-state index contributed by atoms with van der Waals surface area (Å²) in [4.78, 5) is 14.1. The van der Waals surface area contributed by atoms with Gasteiger partial charge in [-0.1, -0.05) is 18.2 Å². The predicted octanol–water partition coefficient (Wildman–Crippen LogP) is 4.23. The number of aryl methyl sites for hydroxylation is 2. The normalized spacial score (nSPS) is 15.3. The van der Waals surface area contributed by atoms with Gasteiger partial charge in [-0.15, -0.1) is 24.0 Å². The van der Waals surface area contributed by atoms with Crippen molar-refractivity contribution in [1.29, 1.82) is 0 Å². The van der Waals surface area contributed by atoms with Crippen LogP contribution in [-0.4, -0.2) is 61.1 Å². The Balaban J connectivity index is 0.00000363. The van der Waals surface area contributed by atoms with Gasteiger partial charge in [-0.05, 0) is 58.7 Å². The molecule has 3 rings (SSSR count). The van der Waals surface area contributed by atoms with E-state index in [1.54, 1.807) is 7.11 Å². The van der Waals surface area contributed by atoms with Crippen LogP contribution in [0.3, 0.4) is 0 Å². The fourth-order valence-corrected chi connectivity index (χ4v) is 3.97. The van der Waals surface area contributed by atoms with Crippen LogP contribution in [0.25, 0.3) is 0 Å². The first kappa shape index (κ1) is 26.4. The molecule has 1 N–H and O–H groups in total. The molecule has 1 saturated heterocycles. The number of nitrogens with zero attached hydrogens (tertiary/aromatic N) is 4. The lowest BCUT2D eigenvalue weighted by atomic mass is 9.97. The van der Waals surface area contributed by atoms with E-state index in [0.29, 0.717) is 5.92 Å². The van der Waals surface area contributed by atoms with Gasteiger partial charge in [0.2, 0.25) is 5.89 Å². The standard InChI is InChI=1S/C24H37N5O2.HI/c1-6-25-24(28(4)16-21-9-7-8-10-22(21)30-5)26-15-20-11-13-29(14-12-20)17-23-27-18(2)19(3)31-23;/h7-10,20H,6,11-17H2,1-5H3,(H,25,26);1H. The van der Waals surface area contributed by atoms with Gasteiger partial charge in [-0.3, -0.25) is 9.89 Å². The quantitative estimate of drug-likeness (QED) is 0.299. The van der Waals surface area contributed by atoms with Crippen LogP contribution >= 0.6 is 24.0 Å². The molecular formula is C24H38IN5O2. The van der Waals surface area contributed by atoms with E-state index < -0.39 is 0 Å². The number of oxazole rings is 1. The number of benzene rings is 1. The molecule has 0 radical (unpaired) electrons. The van der Waals surface area contributed by atoms with Crippen molar-refractivity contribution in [3.8, 4) is 5.75 Å². The highest BCUT2D eigenvalue weighted by molar-refractivity contribution is 14.0. The third kappa shape index (κ3) is 7.37. The molecule has 7 nitrogen and oxygen atoms in total. The maximum Gasteiger partial charge on any atom is 0.208 e. The highest BCUT2D eigenvalue weighted by Gasteiger charge is 2.21.